The van der Waals surface area contributed by atoms with Gasteiger partial charge in [0.2, 0.25) is 0 Å². The van der Waals surface area contributed by atoms with Gasteiger partial charge in [0.05, 0.1) is 10.0 Å². The summed E-state index contributed by atoms with van der Waals surface area (Å²) < 4.78 is 11.3. The summed E-state index contributed by atoms with van der Waals surface area (Å²) >= 11 is 24.1. The minimum absolute atomic E-state index is 0. The quantitative estimate of drug-likeness (QED) is 0.408. The van der Waals surface area contributed by atoms with Crippen LogP contribution in [-0.2, 0) is 0 Å². The van der Waals surface area contributed by atoms with Gasteiger partial charge in [0, 0.05) is 0 Å². The van der Waals surface area contributed by atoms with Gasteiger partial charge in [-0.05, 0) is 12.1 Å². The Morgan fingerprint density at radius 1 is 0.632 bits per heavy atom. The second kappa shape index (κ2) is 5.27. The lowest BCUT2D eigenvalue weighted by Gasteiger charge is -2.23. The van der Waals surface area contributed by atoms with E-state index < -0.39 is 0 Å². The highest BCUT2D eigenvalue weighted by molar-refractivity contribution is 6.53. The number of rotatable bonds is 0. The molecule has 2 aromatic carbocycles. The average Bonchev–Trinajstić information content (AvgIpc) is 2.41. The van der Waals surface area contributed by atoms with E-state index in [9.17, 15) is 0 Å². The molecule has 0 unspecified atom stereocenters. The van der Waals surface area contributed by atoms with Crippen LogP contribution < -0.4 is 9.47 Å². The first-order valence-corrected chi connectivity index (χ1v) is 6.41. The number of ether oxygens (including phenoxy) is 2. The standard InChI is InChI=1S/C12H4Cl4O2.H2O/c13-7-8(14)10(16)12-11(9(7)15)17-5-3-1-2-4-6(5)18-12;/h1-4H;1H2. The van der Waals surface area contributed by atoms with Crippen LogP contribution in [0.1, 0.15) is 0 Å². The molecule has 7 heteroatoms. The number of hydrogen-bond donors (Lipinski definition) is 0. The van der Waals surface area contributed by atoms with Crippen LogP contribution in [0.5, 0.6) is 23.0 Å². The Bertz CT molecular complexity index is 602. The normalized spacial score (nSPS) is 11.6. The van der Waals surface area contributed by atoms with Crippen LogP contribution >= 0.6 is 46.4 Å². The van der Waals surface area contributed by atoms with Crippen LogP contribution in [0.4, 0.5) is 0 Å². The third kappa shape index (κ3) is 2.22. The van der Waals surface area contributed by atoms with Crippen molar-refractivity contribution in [1.29, 1.82) is 0 Å². The Hall–Kier alpha value is -0.840. The van der Waals surface area contributed by atoms with Crippen molar-refractivity contribution < 1.29 is 14.9 Å². The highest BCUT2D eigenvalue weighted by Gasteiger charge is 2.28. The largest absolute Gasteiger partial charge is 0.448 e. The molecule has 0 bridgehead atoms. The summed E-state index contributed by atoms with van der Waals surface area (Å²) in [5.74, 6) is 1.63. The first-order valence-electron chi connectivity index (χ1n) is 4.90. The first kappa shape index (κ1) is 14.6. The summed E-state index contributed by atoms with van der Waals surface area (Å²) in [6.45, 7) is 0. The molecule has 0 saturated heterocycles. The fraction of sp³-hybridized carbons (Fsp3) is 0. The molecule has 0 aromatic heterocycles. The first-order chi connectivity index (χ1) is 8.59. The molecule has 0 radical (unpaired) electrons. The van der Waals surface area contributed by atoms with Gasteiger partial charge in [-0.15, -0.1) is 0 Å². The fourth-order valence-electron chi connectivity index (χ4n) is 1.61. The van der Waals surface area contributed by atoms with E-state index in [1.165, 1.54) is 0 Å². The average molecular weight is 340 g/mol. The highest BCUT2D eigenvalue weighted by atomic mass is 35.5. The van der Waals surface area contributed by atoms with E-state index in [1.54, 1.807) is 12.1 Å². The van der Waals surface area contributed by atoms with Crippen LogP contribution in [0.2, 0.25) is 20.1 Å². The maximum atomic E-state index is 6.07. The van der Waals surface area contributed by atoms with Crippen molar-refractivity contribution in [3.8, 4) is 23.0 Å². The van der Waals surface area contributed by atoms with E-state index >= 15 is 0 Å². The van der Waals surface area contributed by atoms with Gasteiger partial charge in [-0.25, -0.2) is 0 Å². The van der Waals surface area contributed by atoms with E-state index in [0.29, 0.717) is 11.5 Å². The maximum absolute atomic E-state index is 6.07. The Kier molecular flexibility index (Phi) is 4.04. The molecule has 3 rings (SSSR count). The summed E-state index contributed by atoms with van der Waals surface area (Å²) in [4.78, 5) is 0. The molecule has 0 amide bonds. The van der Waals surface area contributed by atoms with Crippen molar-refractivity contribution in [3.05, 3.63) is 44.4 Å². The van der Waals surface area contributed by atoms with Crippen LogP contribution in [0, 0.1) is 0 Å². The van der Waals surface area contributed by atoms with Crippen molar-refractivity contribution in [1.82, 2.24) is 0 Å². The zero-order valence-corrected chi connectivity index (χ0v) is 12.2. The summed E-state index contributed by atoms with van der Waals surface area (Å²) in [5.41, 5.74) is 0. The predicted molar refractivity (Wildman–Crippen MR) is 76.7 cm³/mol. The lowest BCUT2D eigenvalue weighted by atomic mass is 10.2. The molecule has 3 nitrogen and oxygen atoms in total. The van der Waals surface area contributed by atoms with Crippen molar-refractivity contribution in [3.63, 3.8) is 0 Å². The van der Waals surface area contributed by atoms with Crippen molar-refractivity contribution in [2.24, 2.45) is 0 Å². The second-order valence-electron chi connectivity index (χ2n) is 3.57. The highest BCUT2D eigenvalue weighted by Crippen LogP contribution is 2.56. The molecule has 0 fully saturated rings. The van der Waals surface area contributed by atoms with Gasteiger partial charge in [0.15, 0.2) is 23.0 Å². The molecule has 0 spiro atoms. The third-order valence-electron chi connectivity index (χ3n) is 2.46. The van der Waals surface area contributed by atoms with Gasteiger partial charge in [-0.1, -0.05) is 58.5 Å². The van der Waals surface area contributed by atoms with Crippen molar-refractivity contribution in [2.75, 3.05) is 0 Å². The number of para-hydroxylation sites is 2. The van der Waals surface area contributed by atoms with Gasteiger partial charge < -0.3 is 14.9 Å². The number of hydrogen-bond acceptors (Lipinski definition) is 2. The van der Waals surface area contributed by atoms with Crippen LogP contribution in [0.3, 0.4) is 0 Å². The maximum Gasteiger partial charge on any atom is 0.191 e. The molecule has 19 heavy (non-hydrogen) atoms. The Balaban J connectivity index is 0.00000133. The monoisotopic (exact) mass is 338 g/mol. The molecule has 0 atom stereocenters. The minimum atomic E-state index is 0. The van der Waals surface area contributed by atoms with E-state index in [4.69, 9.17) is 55.9 Å². The van der Waals surface area contributed by atoms with Gasteiger partial charge in [0.1, 0.15) is 10.0 Å². The van der Waals surface area contributed by atoms with E-state index in [2.05, 4.69) is 0 Å². The Labute approximate surface area is 128 Å². The van der Waals surface area contributed by atoms with Gasteiger partial charge in [-0.2, -0.15) is 0 Å². The molecule has 1 aliphatic heterocycles. The predicted octanol–water partition coefficient (Wildman–Crippen LogP) is 5.37. The van der Waals surface area contributed by atoms with Crippen molar-refractivity contribution >= 4 is 46.4 Å². The summed E-state index contributed by atoms with van der Waals surface area (Å²) in [7, 11) is 0. The molecule has 0 aliphatic carbocycles. The van der Waals surface area contributed by atoms with E-state index in [1.807, 2.05) is 12.1 Å². The second-order valence-corrected chi connectivity index (χ2v) is 5.08. The van der Waals surface area contributed by atoms with E-state index in [0.717, 1.165) is 0 Å². The summed E-state index contributed by atoms with van der Waals surface area (Å²) in [5, 5.41) is 0.640. The van der Waals surface area contributed by atoms with E-state index in [-0.39, 0.29) is 37.1 Å². The molecule has 0 saturated carbocycles. The lowest BCUT2D eigenvalue weighted by Crippen LogP contribution is -2.00. The molecule has 2 N–H and O–H groups in total. The number of benzene rings is 2. The fourth-order valence-corrected chi connectivity index (χ4v) is 2.51. The van der Waals surface area contributed by atoms with Gasteiger partial charge in [0.25, 0.3) is 0 Å². The smallest absolute Gasteiger partial charge is 0.191 e. The molecular weight excluding hydrogens is 334 g/mol. The Morgan fingerprint density at radius 3 is 1.37 bits per heavy atom. The summed E-state index contributed by atoms with van der Waals surface area (Å²) in [6.07, 6.45) is 0. The topological polar surface area (TPSA) is 50.0 Å². The molecule has 2 aromatic rings. The van der Waals surface area contributed by atoms with Gasteiger partial charge >= 0.3 is 0 Å². The lowest BCUT2D eigenvalue weighted by molar-refractivity contribution is 0.360. The zero-order valence-electron chi connectivity index (χ0n) is 9.14. The molecule has 1 heterocycles. The Morgan fingerprint density at radius 2 is 1.00 bits per heavy atom. The number of halogens is 4. The zero-order chi connectivity index (χ0) is 12.9. The summed E-state index contributed by atoms with van der Waals surface area (Å²) in [6, 6.07) is 7.15. The molecular formula is C12H6Cl4O3. The van der Waals surface area contributed by atoms with Crippen molar-refractivity contribution in [2.45, 2.75) is 0 Å². The van der Waals surface area contributed by atoms with Gasteiger partial charge in [-0.3, -0.25) is 0 Å². The van der Waals surface area contributed by atoms with Crippen LogP contribution in [0.25, 0.3) is 0 Å². The van der Waals surface area contributed by atoms with Crippen LogP contribution in [-0.4, -0.2) is 5.48 Å². The molecule has 100 valence electrons. The molecule has 1 aliphatic rings. The third-order valence-corrected chi connectivity index (χ3v) is 4.22. The number of fused-ring (bicyclic) bond motifs is 2. The SMILES string of the molecule is Clc1c(Cl)c(Cl)c2c(c1Cl)Oc1ccccc1O2.O. The van der Waals surface area contributed by atoms with Crippen LogP contribution in [0.15, 0.2) is 24.3 Å². The minimum Gasteiger partial charge on any atom is -0.448 e.